The second kappa shape index (κ2) is 8.59. The first-order chi connectivity index (χ1) is 19.8. The van der Waals surface area contributed by atoms with Crippen molar-refractivity contribution in [2.24, 2.45) is 0 Å². The van der Waals surface area contributed by atoms with Crippen LogP contribution in [0.25, 0.3) is 60.5 Å². The van der Waals surface area contributed by atoms with Crippen molar-refractivity contribution in [1.29, 1.82) is 0 Å². The summed E-state index contributed by atoms with van der Waals surface area (Å²) in [5.74, 6) is 0. The van der Waals surface area contributed by atoms with Gasteiger partial charge in [-0.05, 0) is 106 Å². The number of rotatable bonds is 2. The monoisotopic (exact) mass is 547 g/mol. The molecule has 0 saturated carbocycles. The molecule has 1 nitrogen and oxygen atoms in total. The van der Waals surface area contributed by atoms with Crippen molar-refractivity contribution < 1.29 is 0 Å². The Balaban J connectivity index is 1.38. The van der Waals surface area contributed by atoms with Gasteiger partial charge in [0.2, 0.25) is 0 Å². The van der Waals surface area contributed by atoms with Crippen molar-refractivity contribution >= 4 is 44.2 Å². The third-order valence-corrected chi connectivity index (χ3v) is 9.40. The minimum atomic E-state index is -0.0397. The molecule has 0 fully saturated rings. The third-order valence-electron chi connectivity index (χ3n) is 9.11. The Morgan fingerprint density at radius 3 is 2.17 bits per heavy atom. The predicted octanol–water partition coefficient (Wildman–Crippen LogP) is 11.2. The van der Waals surface area contributed by atoms with E-state index in [2.05, 4.69) is 135 Å². The number of fused-ring (bicyclic) bond motifs is 7. The molecule has 0 bridgehead atoms. The van der Waals surface area contributed by atoms with Crippen LogP contribution in [-0.2, 0) is 5.41 Å². The largest absolute Gasteiger partial charge is 0.308 e. The molecule has 41 heavy (non-hydrogen) atoms. The molecule has 8 rings (SSSR count). The zero-order chi connectivity index (χ0) is 28.0. The van der Waals surface area contributed by atoms with E-state index in [-0.39, 0.29) is 5.41 Å². The van der Waals surface area contributed by atoms with Crippen LogP contribution < -0.4 is 0 Å². The first kappa shape index (κ1) is 24.5. The Hall–Kier alpha value is -4.33. The van der Waals surface area contributed by atoms with Gasteiger partial charge < -0.3 is 4.57 Å². The Morgan fingerprint density at radius 1 is 0.585 bits per heavy atom. The smallest absolute Gasteiger partial charge is 0.0727 e. The average molecular weight is 548 g/mol. The van der Waals surface area contributed by atoms with E-state index in [1.165, 1.54) is 66.0 Å². The summed E-state index contributed by atoms with van der Waals surface area (Å²) in [6.45, 7) is 9.05. The molecule has 0 saturated heterocycles. The Labute approximate surface area is 245 Å². The van der Waals surface area contributed by atoms with Crippen LogP contribution in [0.4, 0.5) is 0 Å². The van der Waals surface area contributed by atoms with Crippen LogP contribution in [0.1, 0.15) is 36.1 Å². The molecule has 1 aromatic heterocycles. The maximum Gasteiger partial charge on any atom is 0.0727 e. The number of nitrogens with zero attached hydrogens (tertiary/aromatic N) is 1. The van der Waals surface area contributed by atoms with Crippen molar-refractivity contribution in [2.45, 2.75) is 33.1 Å². The van der Waals surface area contributed by atoms with Crippen LogP contribution in [0.15, 0.2) is 109 Å². The first-order valence-corrected chi connectivity index (χ1v) is 14.7. The van der Waals surface area contributed by atoms with Crippen LogP contribution in [0.5, 0.6) is 0 Å². The highest BCUT2D eigenvalue weighted by Crippen LogP contribution is 2.50. The molecule has 0 unspecified atom stereocenters. The van der Waals surface area contributed by atoms with Crippen LogP contribution in [0.2, 0.25) is 5.02 Å². The van der Waals surface area contributed by atoms with E-state index in [1.54, 1.807) is 0 Å². The summed E-state index contributed by atoms with van der Waals surface area (Å²) < 4.78 is 2.35. The number of hydrogen-bond acceptors (Lipinski definition) is 0. The third kappa shape index (κ3) is 3.55. The highest BCUT2D eigenvalue weighted by atomic mass is 35.5. The SMILES string of the molecule is Cc1ccc2c(c1)C(C)(C)c1cc3cc(-n4c5cc(C)ccc5c5cc(-c6ccccc6)cc(Cl)c54)ccc3cc1-2. The molecule has 0 N–H and O–H groups in total. The number of halogens is 1. The summed E-state index contributed by atoms with van der Waals surface area (Å²) in [6.07, 6.45) is 0. The highest BCUT2D eigenvalue weighted by molar-refractivity contribution is 6.37. The topological polar surface area (TPSA) is 4.93 Å². The molecule has 1 aliphatic carbocycles. The van der Waals surface area contributed by atoms with E-state index < -0.39 is 0 Å². The molecule has 1 heterocycles. The Bertz CT molecular complexity index is 2200. The molecule has 0 aliphatic heterocycles. The molecule has 6 aromatic carbocycles. The van der Waals surface area contributed by atoms with Crippen molar-refractivity contribution in [3.63, 3.8) is 0 Å². The molecule has 0 amide bonds. The van der Waals surface area contributed by atoms with Gasteiger partial charge in [-0.1, -0.05) is 97.7 Å². The molecule has 0 radical (unpaired) electrons. The fourth-order valence-corrected chi connectivity index (χ4v) is 7.30. The van der Waals surface area contributed by atoms with Gasteiger partial charge in [0, 0.05) is 21.9 Å². The van der Waals surface area contributed by atoms with Crippen molar-refractivity contribution in [3.8, 4) is 27.9 Å². The molecule has 0 spiro atoms. The normalized spacial score (nSPS) is 13.7. The lowest BCUT2D eigenvalue weighted by atomic mass is 9.81. The minimum absolute atomic E-state index is 0.0397. The van der Waals surface area contributed by atoms with Crippen LogP contribution in [0.3, 0.4) is 0 Å². The van der Waals surface area contributed by atoms with E-state index in [0.29, 0.717) is 0 Å². The van der Waals surface area contributed by atoms with Gasteiger partial charge in [0.1, 0.15) is 0 Å². The van der Waals surface area contributed by atoms with E-state index in [1.807, 2.05) is 6.07 Å². The number of aromatic nitrogens is 1. The van der Waals surface area contributed by atoms with Gasteiger partial charge in [-0.3, -0.25) is 0 Å². The van der Waals surface area contributed by atoms with E-state index >= 15 is 0 Å². The minimum Gasteiger partial charge on any atom is -0.308 e. The number of hydrogen-bond donors (Lipinski definition) is 0. The zero-order valence-electron chi connectivity index (χ0n) is 23.7. The van der Waals surface area contributed by atoms with Crippen LogP contribution in [0, 0.1) is 13.8 Å². The second-order valence-electron chi connectivity index (χ2n) is 12.2. The van der Waals surface area contributed by atoms with E-state index in [0.717, 1.165) is 21.8 Å². The van der Waals surface area contributed by atoms with Crippen molar-refractivity contribution in [1.82, 2.24) is 4.57 Å². The molecule has 1 aliphatic rings. The number of benzene rings is 6. The summed E-state index contributed by atoms with van der Waals surface area (Å²) >= 11 is 7.15. The molecule has 0 atom stereocenters. The van der Waals surface area contributed by atoms with E-state index in [9.17, 15) is 0 Å². The maximum atomic E-state index is 7.15. The summed E-state index contributed by atoms with van der Waals surface area (Å²) in [7, 11) is 0. The molecular formula is C39H30ClN. The second-order valence-corrected chi connectivity index (χ2v) is 12.6. The van der Waals surface area contributed by atoms with Gasteiger partial charge in [0.05, 0.1) is 16.1 Å². The summed E-state index contributed by atoms with van der Waals surface area (Å²) in [5.41, 5.74) is 13.7. The van der Waals surface area contributed by atoms with Crippen molar-refractivity contribution in [2.75, 3.05) is 0 Å². The standard InChI is InChI=1S/C39H30ClN/c1-23-10-14-30-32-19-26-12-13-29(18-27(26)21-35(32)39(3,4)34(30)16-23)41-37-17-24(2)11-15-31(37)33-20-28(22-36(40)38(33)41)25-8-6-5-7-9-25/h5-22H,1-4H3. The quantitative estimate of drug-likeness (QED) is 0.203. The Kier molecular flexibility index (Phi) is 5.12. The van der Waals surface area contributed by atoms with Gasteiger partial charge in [0.25, 0.3) is 0 Å². The van der Waals surface area contributed by atoms with Gasteiger partial charge in [-0.2, -0.15) is 0 Å². The zero-order valence-corrected chi connectivity index (χ0v) is 24.5. The van der Waals surface area contributed by atoms with Gasteiger partial charge >= 0.3 is 0 Å². The lowest BCUT2D eigenvalue weighted by molar-refractivity contribution is 0.660. The van der Waals surface area contributed by atoms with E-state index in [4.69, 9.17) is 11.6 Å². The Morgan fingerprint density at radius 2 is 1.34 bits per heavy atom. The van der Waals surface area contributed by atoms with Gasteiger partial charge in [-0.15, -0.1) is 0 Å². The molecule has 198 valence electrons. The summed E-state index contributed by atoms with van der Waals surface area (Å²) in [4.78, 5) is 0. The van der Waals surface area contributed by atoms with Gasteiger partial charge in [0.15, 0.2) is 0 Å². The first-order valence-electron chi connectivity index (χ1n) is 14.3. The average Bonchev–Trinajstić information content (AvgIpc) is 3.40. The van der Waals surface area contributed by atoms with Crippen LogP contribution in [-0.4, -0.2) is 4.57 Å². The fourth-order valence-electron chi connectivity index (χ4n) is 6.99. The highest BCUT2D eigenvalue weighted by Gasteiger charge is 2.35. The van der Waals surface area contributed by atoms with Crippen LogP contribution >= 0.6 is 11.6 Å². The number of aryl methyl sites for hydroxylation is 2. The van der Waals surface area contributed by atoms with Crippen molar-refractivity contribution in [3.05, 3.63) is 136 Å². The molecular weight excluding hydrogens is 518 g/mol. The predicted molar refractivity (Wildman–Crippen MR) is 176 cm³/mol. The molecule has 7 aromatic rings. The van der Waals surface area contributed by atoms with Gasteiger partial charge in [-0.25, -0.2) is 0 Å². The summed E-state index contributed by atoms with van der Waals surface area (Å²) in [5, 5.41) is 5.65. The molecule has 2 heteroatoms. The maximum absolute atomic E-state index is 7.15. The lowest BCUT2D eigenvalue weighted by Crippen LogP contribution is -2.15. The lowest BCUT2D eigenvalue weighted by Gasteiger charge is -2.22. The fraction of sp³-hybridized carbons (Fsp3) is 0.128. The summed E-state index contributed by atoms with van der Waals surface area (Å²) in [6, 6.07) is 40.1.